The van der Waals surface area contributed by atoms with Gasteiger partial charge in [0.25, 0.3) is 0 Å². The number of carbonyl (C=O) groups is 1. The van der Waals surface area contributed by atoms with Crippen LogP contribution in [-0.4, -0.2) is 12.5 Å². The van der Waals surface area contributed by atoms with Crippen molar-refractivity contribution in [2.75, 3.05) is 17.2 Å². The molecule has 25 heavy (non-hydrogen) atoms. The zero-order chi connectivity index (χ0) is 18.6. The Morgan fingerprint density at radius 2 is 1.76 bits per heavy atom. The predicted molar refractivity (Wildman–Crippen MR) is 84.5 cm³/mol. The van der Waals surface area contributed by atoms with Gasteiger partial charge in [-0.1, -0.05) is 11.6 Å². The van der Waals surface area contributed by atoms with Gasteiger partial charge in [-0.05, 0) is 30.3 Å². The van der Waals surface area contributed by atoms with Crippen molar-refractivity contribution in [2.45, 2.75) is 12.6 Å². The number of hydrogen-bond acceptors (Lipinski definition) is 2. The Bertz CT molecular complexity index is 780. The van der Waals surface area contributed by atoms with Gasteiger partial charge in [-0.2, -0.15) is 13.2 Å². The maximum Gasteiger partial charge on any atom is 0.416 e. The molecule has 0 heterocycles. The summed E-state index contributed by atoms with van der Waals surface area (Å²) in [7, 11) is 0. The van der Waals surface area contributed by atoms with E-state index in [-0.39, 0.29) is 29.4 Å². The Morgan fingerprint density at radius 3 is 2.40 bits per heavy atom. The zero-order valence-electron chi connectivity index (χ0n) is 12.6. The van der Waals surface area contributed by atoms with Crippen molar-refractivity contribution < 1.29 is 26.7 Å². The van der Waals surface area contributed by atoms with Crippen LogP contribution in [0.1, 0.15) is 12.0 Å². The van der Waals surface area contributed by atoms with E-state index in [1.807, 2.05) is 0 Å². The Morgan fingerprint density at radius 1 is 1.04 bits per heavy atom. The van der Waals surface area contributed by atoms with Crippen molar-refractivity contribution in [3.05, 3.63) is 58.6 Å². The third-order valence-electron chi connectivity index (χ3n) is 3.17. The first kappa shape index (κ1) is 19.0. The summed E-state index contributed by atoms with van der Waals surface area (Å²) in [5.41, 5.74) is -1.04. The van der Waals surface area contributed by atoms with Gasteiger partial charge in [0, 0.05) is 19.0 Å². The van der Waals surface area contributed by atoms with Gasteiger partial charge in [-0.3, -0.25) is 4.79 Å². The summed E-state index contributed by atoms with van der Waals surface area (Å²) < 4.78 is 64.2. The van der Waals surface area contributed by atoms with Gasteiger partial charge in [-0.15, -0.1) is 0 Å². The standard InChI is InChI=1S/C16H12ClF5N2O/c17-11-3-1-9(16(20,21)22)7-14(11)23-6-5-15(25)24-13-4-2-10(18)8-12(13)19/h1-4,7-8,23H,5-6H2,(H,24,25). The minimum Gasteiger partial charge on any atom is -0.383 e. The van der Waals surface area contributed by atoms with Gasteiger partial charge in [0.1, 0.15) is 11.6 Å². The van der Waals surface area contributed by atoms with Crippen LogP contribution in [0.3, 0.4) is 0 Å². The Balaban J connectivity index is 1.93. The molecular weight excluding hydrogens is 367 g/mol. The highest BCUT2D eigenvalue weighted by molar-refractivity contribution is 6.33. The zero-order valence-corrected chi connectivity index (χ0v) is 13.3. The molecule has 0 unspecified atom stereocenters. The Hall–Kier alpha value is -2.35. The van der Waals surface area contributed by atoms with Gasteiger partial charge < -0.3 is 10.6 Å². The minimum absolute atomic E-state index is 0.0252. The van der Waals surface area contributed by atoms with E-state index in [4.69, 9.17) is 11.6 Å². The van der Waals surface area contributed by atoms with Crippen LogP contribution < -0.4 is 10.6 Å². The smallest absolute Gasteiger partial charge is 0.383 e. The fourth-order valence-electron chi connectivity index (χ4n) is 1.95. The lowest BCUT2D eigenvalue weighted by atomic mass is 10.2. The van der Waals surface area contributed by atoms with E-state index in [9.17, 15) is 26.7 Å². The van der Waals surface area contributed by atoms with Gasteiger partial charge in [0.05, 0.1) is 22.0 Å². The fraction of sp³-hybridized carbons (Fsp3) is 0.188. The maximum atomic E-state index is 13.4. The van der Waals surface area contributed by atoms with E-state index in [1.165, 1.54) is 0 Å². The van der Waals surface area contributed by atoms with Gasteiger partial charge >= 0.3 is 6.18 Å². The molecule has 0 aliphatic rings. The molecule has 134 valence electrons. The highest BCUT2D eigenvalue weighted by Crippen LogP contribution is 2.33. The van der Waals surface area contributed by atoms with Gasteiger partial charge in [-0.25, -0.2) is 8.78 Å². The molecule has 0 bridgehead atoms. The largest absolute Gasteiger partial charge is 0.416 e. The van der Waals surface area contributed by atoms with E-state index >= 15 is 0 Å². The van der Waals surface area contributed by atoms with E-state index in [1.54, 1.807) is 0 Å². The third-order valence-corrected chi connectivity index (χ3v) is 3.50. The summed E-state index contributed by atoms with van der Waals surface area (Å²) in [5, 5.41) is 4.93. The van der Waals surface area contributed by atoms with Crippen LogP contribution in [0.25, 0.3) is 0 Å². The molecule has 2 aromatic carbocycles. The molecular formula is C16H12ClF5N2O. The van der Waals surface area contributed by atoms with Crippen molar-refractivity contribution >= 4 is 28.9 Å². The molecule has 0 saturated carbocycles. The number of halogens is 6. The summed E-state index contributed by atoms with van der Waals surface area (Å²) in [5.74, 6) is -2.31. The van der Waals surface area contributed by atoms with Crippen molar-refractivity contribution in [1.29, 1.82) is 0 Å². The van der Waals surface area contributed by atoms with Crippen LogP contribution in [0.5, 0.6) is 0 Å². The number of carbonyl (C=O) groups excluding carboxylic acids is 1. The molecule has 9 heteroatoms. The van der Waals surface area contributed by atoms with E-state index in [2.05, 4.69) is 10.6 Å². The van der Waals surface area contributed by atoms with Crippen molar-refractivity contribution in [2.24, 2.45) is 0 Å². The molecule has 0 aliphatic heterocycles. The molecule has 0 atom stereocenters. The highest BCUT2D eigenvalue weighted by atomic mass is 35.5. The molecule has 0 fully saturated rings. The Kier molecular flexibility index (Phi) is 5.84. The maximum absolute atomic E-state index is 13.4. The number of hydrogen-bond donors (Lipinski definition) is 2. The topological polar surface area (TPSA) is 41.1 Å². The van der Waals surface area contributed by atoms with Crippen LogP contribution in [0.4, 0.5) is 33.3 Å². The van der Waals surface area contributed by atoms with Crippen molar-refractivity contribution in [3.63, 3.8) is 0 Å². The second kappa shape index (κ2) is 7.69. The van der Waals surface area contributed by atoms with Crippen LogP contribution in [0.2, 0.25) is 5.02 Å². The molecule has 0 aliphatic carbocycles. The van der Waals surface area contributed by atoms with E-state index < -0.39 is 29.3 Å². The lowest BCUT2D eigenvalue weighted by Gasteiger charge is -2.12. The molecule has 2 aromatic rings. The van der Waals surface area contributed by atoms with Crippen LogP contribution in [0.15, 0.2) is 36.4 Å². The predicted octanol–water partition coefficient (Wildman–Crippen LogP) is 5.08. The number of anilines is 2. The molecule has 2 N–H and O–H groups in total. The fourth-order valence-corrected chi connectivity index (χ4v) is 2.14. The second-order valence-electron chi connectivity index (χ2n) is 5.04. The highest BCUT2D eigenvalue weighted by Gasteiger charge is 2.30. The third kappa shape index (κ3) is 5.32. The molecule has 1 amide bonds. The molecule has 0 aromatic heterocycles. The first-order valence-corrected chi connectivity index (χ1v) is 7.40. The first-order chi connectivity index (χ1) is 11.7. The molecule has 0 spiro atoms. The quantitative estimate of drug-likeness (QED) is 0.712. The molecule has 0 saturated heterocycles. The van der Waals surface area contributed by atoms with Crippen LogP contribution in [-0.2, 0) is 11.0 Å². The number of benzene rings is 2. The average molecular weight is 379 g/mol. The lowest BCUT2D eigenvalue weighted by Crippen LogP contribution is -2.17. The summed E-state index contributed by atoms with van der Waals surface area (Å²) in [6, 6.07) is 5.45. The number of alkyl halides is 3. The monoisotopic (exact) mass is 378 g/mol. The molecule has 3 nitrogen and oxygen atoms in total. The van der Waals surface area contributed by atoms with E-state index in [0.29, 0.717) is 6.07 Å². The number of rotatable bonds is 5. The average Bonchev–Trinajstić information content (AvgIpc) is 2.51. The van der Waals surface area contributed by atoms with Crippen molar-refractivity contribution in [3.8, 4) is 0 Å². The molecule has 0 radical (unpaired) electrons. The number of amides is 1. The normalized spacial score (nSPS) is 11.3. The van der Waals surface area contributed by atoms with Crippen LogP contribution >= 0.6 is 11.6 Å². The minimum atomic E-state index is -4.52. The van der Waals surface area contributed by atoms with Crippen molar-refractivity contribution in [1.82, 2.24) is 0 Å². The lowest BCUT2D eigenvalue weighted by molar-refractivity contribution is -0.137. The van der Waals surface area contributed by atoms with Crippen LogP contribution in [0, 0.1) is 11.6 Å². The second-order valence-corrected chi connectivity index (χ2v) is 5.45. The summed E-state index contributed by atoms with van der Waals surface area (Å²) >= 11 is 5.81. The Labute approximate surface area is 144 Å². The summed E-state index contributed by atoms with van der Waals surface area (Å²) in [6.07, 6.45) is -4.68. The van der Waals surface area contributed by atoms with E-state index in [0.717, 1.165) is 30.3 Å². The summed E-state index contributed by atoms with van der Waals surface area (Å²) in [6.45, 7) is -0.0321. The number of nitrogens with one attached hydrogen (secondary N) is 2. The molecule has 2 rings (SSSR count). The van der Waals surface area contributed by atoms with Gasteiger partial charge in [0.2, 0.25) is 5.91 Å². The van der Waals surface area contributed by atoms with Gasteiger partial charge in [0.15, 0.2) is 0 Å². The first-order valence-electron chi connectivity index (χ1n) is 7.02. The summed E-state index contributed by atoms with van der Waals surface area (Å²) in [4.78, 5) is 11.7. The SMILES string of the molecule is O=C(CCNc1cc(C(F)(F)F)ccc1Cl)Nc1ccc(F)cc1F.